The van der Waals surface area contributed by atoms with Crippen molar-refractivity contribution in [2.45, 2.75) is 47.1 Å². The summed E-state index contributed by atoms with van der Waals surface area (Å²) >= 11 is 0. The lowest BCUT2D eigenvalue weighted by molar-refractivity contribution is -0.143. The number of nitrogens with one attached hydrogen (secondary N) is 1. The van der Waals surface area contributed by atoms with Gasteiger partial charge in [0.1, 0.15) is 6.04 Å². The van der Waals surface area contributed by atoms with E-state index in [0.29, 0.717) is 6.42 Å². The van der Waals surface area contributed by atoms with Crippen LogP contribution in [-0.2, 0) is 9.59 Å². The summed E-state index contributed by atoms with van der Waals surface area (Å²) in [6, 6.07) is -0.781. The first-order valence-corrected chi connectivity index (χ1v) is 5.18. The normalized spacial score (nSPS) is 13.7. The molecule has 0 radical (unpaired) electrons. The molecule has 2 N–H and O–H groups in total. The second-order valence-electron chi connectivity index (χ2n) is 5.24. The van der Waals surface area contributed by atoms with E-state index in [0.717, 1.165) is 0 Å². The first-order valence-electron chi connectivity index (χ1n) is 5.18. The largest absolute Gasteiger partial charge is 0.480 e. The molecular formula is C11H21NO3. The maximum Gasteiger partial charge on any atom is 0.326 e. The van der Waals surface area contributed by atoms with Crippen LogP contribution in [0.25, 0.3) is 0 Å². The van der Waals surface area contributed by atoms with E-state index >= 15 is 0 Å². The summed E-state index contributed by atoms with van der Waals surface area (Å²) < 4.78 is 0. The van der Waals surface area contributed by atoms with E-state index in [-0.39, 0.29) is 11.8 Å². The van der Waals surface area contributed by atoms with Gasteiger partial charge in [-0.05, 0) is 12.3 Å². The van der Waals surface area contributed by atoms with E-state index in [1.54, 1.807) is 20.8 Å². The highest BCUT2D eigenvalue weighted by atomic mass is 16.4. The second-order valence-corrected chi connectivity index (χ2v) is 5.24. The fraction of sp³-hybridized carbons (Fsp3) is 0.818. The second kappa shape index (κ2) is 5.14. The van der Waals surface area contributed by atoms with E-state index in [1.807, 2.05) is 13.8 Å². The number of hydrogen-bond acceptors (Lipinski definition) is 2. The zero-order valence-corrected chi connectivity index (χ0v) is 10.1. The van der Waals surface area contributed by atoms with Crippen LogP contribution in [0.1, 0.15) is 41.0 Å². The average molecular weight is 215 g/mol. The highest BCUT2D eigenvalue weighted by Crippen LogP contribution is 2.14. The molecule has 0 fully saturated rings. The lowest BCUT2D eigenvalue weighted by atomic mass is 9.94. The molecule has 4 heteroatoms. The molecule has 1 atom stereocenters. The van der Waals surface area contributed by atoms with Crippen LogP contribution in [0.15, 0.2) is 0 Å². The van der Waals surface area contributed by atoms with Crippen LogP contribution >= 0.6 is 0 Å². The Morgan fingerprint density at radius 2 is 1.73 bits per heavy atom. The SMILES string of the molecule is CC(C)C[C@@H](NC(=O)C(C)(C)C)C(=O)O. The summed E-state index contributed by atoms with van der Waals surface area (Å²) in [5, 5.41) is 11.5. The van der Waals surface area contributed by atoms with Crippen molar-refractivity contribution in [2.75, 3.05) is 0 Å². The minimum absolute atomic E-state index is 0.226. The molecular weight excluding hydrogens is 194 g/mol. The molecule has 0 aliphatic rings. The molecule has 0 aliphatic heterocycles. The standard InChI is InChI=1S/C11H21NO3/c1-7(2)6-8(9(13)14)12-10(15)11(3,4)5/h7-8H,6H2,1-5H3,(H,12,15)(H,13,14)/t8-/m1/s1. The lowest BCUT2D eigenvalue weighted by Gasteiger charge is -2.22. The first kappa shape index (κ1) is 13.9. The van der Waals surface area contributed by atoms with E-state index in [4.69, 9.17) is 5.11 Å². The number of carbonyl (C=O) groups excluding carboxylic acids is 1. The number of carboxylic acid groups (broad SMARTS) is 1. The van der Waals surface area contributed by atoms with Crippen molar-refractivity contribution in [3.05, 3.63) is 0 Å². The maximum atomic E-state index is 11.6. The Kier molecular flexibility index (Phi) is 4.78. The van der Waals surface area contributed by atoms with Gasteiger partial charge in [-0.2, -0.15) is 0 Å². The van der Waals surface area contributed by atoms with Crippen molar-refractivity contribution in [1.82, 2.24) is 5.32 Å². The summed E-state index contributed by atoms with van der Waals surface area (Å²) in [5.41, 5.74) is -0.551. The van der Waals surface area contributed by atoms with Crippen LogP contribution in [-0.4, -0.2) is 23.0 Å². The van der Waals surface area contributed by atoms with Crippen LogP contribution in [0, 0.1) is 11.3 Å². The molecule has 0 aromatic heterocycles. The Hall–Kier alpha value is -1.06. The topological polar surface area (TPSA) is 66.4 Å². The van der Waals surface area contributed by atoms with Crippen LogP contribution < -0.4 is 5.32 Å². The van der Waals surface area contributed by atoms with Gasteiger partial charge in [0.25, 0.3) is 0 Å². The molecule has 0 heterocycles. The van der Waals surface area contributed by atoms with Crippen molar-refractivity contribution >= 4 is 11.9 Å². The highest BCUT2D eigenvalue weighted by molar-refractivity contribution is 5.86. The van der Waals surface area contributed by atoms with Crippen LogP contribution in [0.4, 0.5) is 0 Å². The molecule has 0 saturated heterocycles. The monoisotopic (exact) mass is 215 g/mol. The molecule has 88 valence electrons. The van der Waals surface area contributed by atoms with Crippen molar-refractivity contribution in [3.8, 4) is 0 Å². The Morgan fingerprint density at radius 3 is 2.00 bits per heavy atom. The molecule has 1 amide bonds. The van der Waals surface area contributed by atoms with E-state index in [1.165, 1.54) is 0 Å². The molecule has 0 aliphatic carbocycles. The van der Waals surface area contributed by atoms with Crippen LogP contribution in [0.5, 0.6) is 0 Å². The van der Waals surface area contributed by atoms with Crippen molar-refractivity contribution in [3.63, 3.8) is 0 Å². The molecule has 0 aromatic rings. The molecule has 4 nitrogen and oxygen atoms in total. The first-order chi connectivity index (χ1) is 6.64. The third kappa shape index (κ3) is 5.40. The Balaban J connectivity index is 4.43. The fourth-order valence-corrected chi connectivity index (χ4v) is 1.07. The number of hydrogen-bond donors (Lipinski definition) is 2. The molecule has 0 rings (SSSR count). The molecule has 15 heavy (non-hydrogen) atoms. The van der Waals surface area contributed by atoms with Crippen LogP contribution in [0.2, 0.25) is 0 Å². The van der Waals surface area contributed by atoms with E-state index < -0.39 is 17.4 Å². The van der Waals surface area contributed by atoms with Crippen molar-refractivity contribution < 1.29 is 14.7 Å². The minimum Gasteiger partial charge on any atom is -0.480 e. The van der Waals surface area contributed by atoms with Gasteiger partial charge < -0.3 is 10.4 Å². The number of rotatable bonds is 4. The van der Waals surface area contributed by atoms with Gasteiger partial charge in [-0.25, -0.2) is 4.79 Å². The van der Waals surface area contributed by atoms with Gasteiger partial charge in [0, 0.05) is 5.41 Å². The molecule has 0 saturated carbocycles. The average Bonchev–Trinajstić information content (AvgIpc) is 1.99. The van der Waals surface area contributed by atoms with Gasteiger partial charge in [0.15, 0.2) is 0 Å². The summed E-state index contributed by atoms with van der Waals surface area (Å²) in [5.74, 6) is -0.955. The Labute approximate surface area is 91.1 Å². The summed E-state index contributed by atoms with van der Waals surface area (Å²) in [6.45, 7) is 9.14. The van der Waals surface area contributed by atoms with Crippen LogP contribution in [0.3, 0.4) is 0 Å². The third-order valence-electron chi connectivity index (χ3n) is 1.99. The van der Waals surface area contributed by atoms with Crippen molar-refractivity contribution in [1.29, 1.82) is 0 Å². The number of carboxylic acids is 1. The summed E-state index contributed by atoms with van der Waals surface area (Å²) in [4.78, 5) is 22.5. The number of amides is 1. The predicted octanol–water partition coefficient (Wildman–Crippen LogP) is 1.65. The molecule has 0 unspecified atom stereocenters. The van der Waals surface area contributed by atoms with E-state index in [2.05, 4.69) is 5.32 Å². The molecule has 0 bridgehead atoms. The van der Waals surface area contributed by atoms with Gasteiger partial charge in [-0.15, -0.1) is 0 Å². The zero-order chi connectivity index (χ0) is 12.2. The zero-order valence-electron chi connectivity index (χ0n) is 10.1. The van der Waals surface area contributed by atoms with E-state index in [9.17, 15) is 9.59 Å². The maximum absolute atomic E-state index is 11.6. The summed E-state index contributed by atoms with van der Waals surface area (Å²) in [6.07, 6.45) is 0.456. The van der Waals surface area contributed by atoms with Gasteiger partial charge in [0.05, 0.1) is 0 Å². The third-order valence-corrected chi connectivity index (χ3v) is 1.99. The highest BCUT2D eigenvalue weighted by Gasteiger charge is 2.27. The Bertz CT molecular complexity index is 241. The smallest absolute Gasteiger partial charge is 0.326 e. The number of aliphatic carboxylic acids is 1. The molecule has 0 aromatic carbocycles. The van der Waals surface area contributed by atoms with Gasteiger partial charge >= 0.3 is 5.97 Å². The summed E-state index contributed by atoms with van der Waals surface area (Å²) in [7, 11) is 0. The van der Waals surface area contributed by atoms with Gasteiger partial charge in [-0.3, -0.25) is 4.79 Å². The van der Waals surface area contributed by atoms with Gasteiger partial charge in [-0.1, -0.05) is 34.6 Å². The van der Waals surface area contributed by atoms with Crippen molar-refractivity contribution in [2.24, 2.45) is 11.3 Å². The lowest BCUT2D eigenvalue weighted by Crippen LogP contribution is -2.46. The fourth-order valence-electron chi connectivity index (χ4n) is 1.07. The van der Waals surface area contributed by atoms with Gasteiger partial charge in [0.2, 0.25) is 5.91 Å². The minimum atomic E-state index is -0.971. The predicted molar refractivity (Wildman–Crippen MR) is 58.5 cm³/mol. The quantitative estimate of drug-likeness (QED) is 0.749. The molecule has 0 spiro atoms. The Morgan fingerprint density at radius 1 is 1.27 bits per heavy atom. The number of carbonyl (C=O) groups is 2.